The fraction of sp³-hybridized carbons (Fsp3) is 0.571. The highest BCUT2D eigenvalue weighted by molar-refractivity contribution is 9.10. The number of halogens is 2. The second-order valence-corrected chi connectivity index (χ2v) is 6.23. The Morgan fingerprint density at radius 3 is 2.65 bits per heavy atom. The lowest BCUT2D eigenvalue weighted by Crippen LogP contribution is -2.33. The molecule has 0 saturated carbocycles. The van der Waals surface area contributed by atoms with E-state index in [2.05, 4.69) is 28.2 Å². The van der Waals surface area contributed by atoms with Crippen LogP contribution < -0.4 is 5.32 Å². The van der Waals surface area contributed by atoms with Gasteiger partial charge in [0, 0.05) is 5.54 Å². The van der Waals surface area contributed by atoms with Gasteiger partial charge in [-0.1, -0.05) is 19.9 Å². The zero-order valence-electron chi connectivity index (χ0n) is 10.6. The lowest BCUT2D eigenvalue weighted by Gasteiger charge is -2.26. The summed E-state index contributed by atoms with van der Waals surface area (Å²) in [5.41, 5.74) is 1.98. The highest BCUT2D eigenvalue weighted by Crippen LogP contribution is 2.35. The Kier molecular flexibility index (Phi) is 3.60. The van der Waals surface area contributed by atoms with E-state index in [1.165, 1.54) is 12.0 Å². The van der Waals surface area contributed by atoms with Crippen LogP contribution in [-0.4, -0.2) is 6.54 Å². The first-order valence-electron chi connectivity index (χ1n) is 6.18. The smallest absolute Gasteiger partial charge is 0.140 e. The quantitative estimate of drug-likeness (QED) is 0.858. The Labute approximate surface area is 111 Å². The van der Waals surface area contributed by atoms with Crippen LogP contribution in [0.25, 0.3) is 0 Å². The van der Waals surface area contributed by atoms with Crippen molar-refractivity contribution in [3.8, 4) is 0 Å². The maximum Gasteiger partial charge on any atom is 0.140 e. The molecule has 0 amide bonds. The van der Waals surface area contributed by atoms with E-state index in [1.54, 1.807) is 0 Å². The Balaban J connectivity index is 2.49. The molecule has 1 heterocycles. The molecule has 1 nitrogen and oxygen atoms in total. The SMILES string of the molecule is CC(C)c1cc(C2(C)CCCN2)cc(Br)c1F. The zero-order chi connectivity index (χ0) is 12.6. The van der Waals surface area contributed by atoms with Crippen molar-refractivity contribution in [1.29, 1.82) is 0 Å². The minimum Gasteiger partial charge on any atom is -0.308 e. The van der Waals surface area contributed by atoms with E-state index in [4.69, 9.17) is 0 Å². The molecule has 0 radical (unpaired) electrons. The first-order chi connectivity index (χ1) is 7.94. The summed E-state index contributed by atoms with van der Waals surface area (Å²) in [6.07, 6.45) is 2.30. The molecule has 3 heteroatoms. The van der Waals surface area contributed by atoms with Crippen molar-refractivity contribution in [2.75, 3.05) is 6.54 Å². The topological polar surface area (TPSA) is 12.0 Å². The van der Waals surface area contributed by atoms with Gasteiger partial charge in [-0.05, 0) is 65.4 Å². The number of nitrogens with one attached hydrogen (secondary N) is 1. The second-order valence-electron chi connectivity index (χ2n) is 5.38. The Bertz CT molecular complexity index is 422. The van der Waals surface area contributed by atoms with Crippen LogP contribution >= 0.6 is 15.9 Å². The molecule has 0 aliphatic carbocycles. The molecule has 1 atom stereocenters. The molecule has 1 aromatic rings. The number of hydrogen-bond donors (Lipinski definition) is 1. The summed E-state index contributed by atoms with van der Waals surface area (Å²) in [6, 6.07) is 3.93. The van der Waals surface area contributed by atoms with Gasteiger partial charge in [0.15, 0.2) is 0 Å². The summed E-state index contributed by atoms with van der Waals surface area (Å²) in [4.78, 5) is 0. The molecule has 1 fully saturated rings. The van der Waals surface area contributed by atoms with Crippen LogP contribution in [0.3, 0.4) is 0 Å². The van der Waals surface area contributed by atoms with Crippen molar-refractivity contribution >= 4 is 15.9 Å². The van der Waals surface area contributed by atoms with Crippen LogP contribution in [0.15, 0.2) is 16.6 Å². The van der Waals surface area contributed by atoms with Crippen LogP contribution in [0.4, 0.5) is 4.39 Å². The third kappa shape index (κ3) is 2.41. The van der Waals surface area contributed by atoms with Crippen molar-refractivity contribution in [2.24, 2.45) is 0 Å². The van der Waals surface area contributed by atoms with E-state index in [-0.39, 0.29) is 17.3 Å². The van der Waals surface area contributed by atoms with Crippen LogP contribution in [0, 0.1) is 5.82 Å². The lowest BCUT2D eigenvalue weighted by molar-refractivity contribution is 0.432. The predicted molar refractivity (Wildman–Crippen MR) is 72.8 cm³/mol. The number of benzene rings is 1. The molecule has 2 rings (SSSR count). The van der Waals surface area contributed by atoms with E-state index in [9.17, 15) is 4.39 Å². The van der Waals surface area contributed by atoms with Crippen LogP contribution in [-0.2, 0) is 5.54 Å². The standard InChI is InChI=1S/C14H19BrFN/c1-9(2)11-7-10(8-12(15)13(11)16)14(3)5-4-6-17-14/h7-9,17H,4-6H2,1-3H3. The largest absolute Gasteiger partial charge is 0.308 e. The lowest BCUT2D eigenvalue weighted by atomic mass is 9.87. The molecule has 0 bridgehead atoms. The third-order valence-electron chi connectivity index (χ3n) is 3.68. The summed E-state index contributed by atoms with van der Waals surface area (Å²) in [7, 11) is 0. The highest BCUT2D eigenvalue weighted by Gasteiger charge is 2.31. The van der Waals surface area contributed by atoms with E-state index < -0.39 is 0 Å². The molecular weight excluding hydrogens is 281 g/mol. The predicted octanol–water partition coefficient (Wildman–Crippen LogP) is 4.31. The molecular formula is C14H19BrFN. The van der Waals surface area contributed by atoms with Gasteiger partial charge in [-0.3, -0.25) is 0 Å². The van der Waals surface area contributed by atoms with E-state index in [0.717, 1.165) is 18.5 Å². The molecule has 0 aromatic heterocycles. The van der Waals surface area contributed by atoms with Gasteiger partial charge in [0.2, 0.25) is 0 Å². The minimum absolute atomic E-state index is 0.000139. The number of rotatable bonds is 2. The molecule has 17 heavy (non-hydrogen) atoms. The van der Waals surface area contributed by atoms with Crippen LogP contribution in [0.2, 0.25) is 0 Å². The molecule has 1 unspecified atom stereocenters. The molecule has 1 aliphatic rings. The molecule has 1 N–H and O–H groups in total. The summed E-state index contributed by atoms with van der Waals surface area (Å²) < 4.78 is 14.6. The molecule has 1 aromatic carbocycles. The molecule has 1 saturated heterocycles. The van der Waals surface area contributed by atoms with Gasteiger partial charge in [0.05, 0.1) is 4.47 Å². The Morgan fingerprint density at radius 1 is 1.41 bits per heavy atom. The van der Waals surface area contributed by atoms with Gasteiger partial charge >= 0.3 is 0 Å². The average molecular weight is 300 g/mol. The van der Waals surface area contributed by atoms with Crippen LogP contribution in [0.1, 0.15) is 50.7 Å². The molecule has 1 aliphatic heterocycles. The fourth-order valence-corrected chi connectivity index (χ4v) is 2.97. The summed E-state index contributed by atoms with van der Waals surface area (Å²) in [5, 5.41) is 3.52. The zero-order valence-corrected chi connectivity index (χ0v) is 12.2. The summed E-state index contributed by atoms with van der Waals surface area (Å²) >= 11 is 3.33. The average Bonchev–Trinajstić information content (AvgIpc) is 2.69. The van der Waals surface area contributed by atoms with Crippen molar-refractivity contribution in [3.05, 3.63) is 33.5 Å². The van der Waals surface area contributed by atoms with Gasteiger partial charge < -0.3 is 5.32 Å². The van der Waals surface area contributed by atoms with E-state index in [0.29, 0.717) is 4.47 Å². The number of hydrogen-bond acceptors (Lipinski definition) is 1. The maximum atomic E-state index is 14.0. The monoisotopic (exact) mass is 299 g/mol. The third-order valence-corrected chi connectivity index (χ3v) is 4.26. The first-order valence-corrected chi connectivity index (χ1v) is 6.98. The van der Waals surface area contributed by atoms with Crippen LogP contribution in [0.5, 0.6) is 0 Å². The van der Waals surface area contributed by atoms with E-state index in [1.807, 2.05) is 26.0 Å². The molecule has 0 spiro atoms. The highest BCUT2D eigenvalue weighted by atomic mass is 79.9. The van der Waals surface area contributed by atoms with Gasteiger partial charge in [-0.2, -0.15) is 0 Å². The maximum absolute atomic E-state index is 14.0. The van der Waals surface area contributed by atoms with Crippen molar-refractivity contribution in [1.82, 2.24) is 5.32 Å². The minimum atomic E-state index is -0.120. The second kappa shape index (κ2) is 4.69. The van der Waals surface area contributed by atoms with E-state index >= 15 is 0 Å². The van der Waals surface area contributed by atoms with Gasteiger partial charge in [0.1, 0.15) is 5.82 Å². The summed E-state index contributed by atoms with van der Waals surface area (Å²) in [6.45, 7) is 7.30. The van der Waals surface area contributed by atoms with Gasteiger partial charge in [-0.15, -0.1) is 0 Å². The first kappa shape index (κ1) is 13.0. The fourth-order valence-electron chi connectivity index (χ4n) is 2.49. The van der Waals surface area contributed by atoms with Gasteiger partial charge in [-0.25, -0.2) is 4.39 Å². The van der Waals surface area contributed by atoms with Crippen molar-refractivity contribution in [2.45, 2.75) is 45.1 Å². The molecule has 94 valence electrons. The van der Waals surface area contributed by atoms with Gasteiger partial charge in [0.25, 0.3) is 0 Å². The Hall–Kier alpha value is -0.410. The van der Waals surface area contributed by atoms with Crippen molar-refractivity contribution in [3.63, 3.8) is 0 Å². The van der Waals surface area contributed by atoms with Crippen molar-refractivity contribution < 1.29 is 4.39 Å². The Morgan fingerprint density at radius 2 is 2.12 bits per heavy atom. The summed E-state index contributed by atoms with van der Waals surface area (Å²) in [5.74, 6) is 0.0848. The normalized spacial score (nSPS) is 24.6.